The lowest BCUT2D eigenvalue weighted by atomic mass is 10.2. The summed E-state index contributed by atoms with van der Waals surface area (Å²) >= 11 is 1.82. The van der Waals surface area contributed by atoms with Crippen molar-refractivity contribution in [3.05, 3.63) is 24.0 Å². The smallest absolute Gasteiger partial charge is 0.0931 e. The second-order valence-corrected chi connectivity index (χ2v) is 4.94. The van der Waals surface area contributed by atoms with Crippen LogP contribution in [0.1, 0.15) is 39.0 Å². The summed E-state index contributed by atoms with van der Waals surface area (Å²) in [6, 6.07) is 3.90. The molecular formula is C11H17NOS. The summed E-state index contributed by atoms with van der Waals surface area (Å²) < 4.78 is 0. The van der Waals surface area contributed by atoms with E-state index in [4.69, 9.17) is 0 Å². The second kappa shape index (κ2) is 5.37. The van der Waals surface area contributed by atoms with E-state index in [1.54, 1.807) is 6.92 Å². The zero-order valence-corrected chi connectivity index (χ0v) is 9.71. The van der Waals surface area contributed by atoms with Gasteiger partial charge in [-0.2, -0.15) is 0 Å². The normalized spacial score (nSPS) is 15.1. The van der Waals surface area contributed by atoms with Gasteiger partial charge < -0.3 is 5.11 Å². The number of aliphatic hydroxyl groups is 1. The van der Waals surface area contributed by atoms with Crippen LogP contribution >= 0.6 is 11.8 Å². The highest BCUT2D eigenvalue weighted by Gasteiger charge is 2.04. The van der Waals surface area contributed by atoms with E-state index in [1.165, 1.54) is 4.90 Å². The van der Waals surface area contributed by atoms with E-state index in [0.717, 1.165) is 12.1 Å². The van der Waals surface area contributed by atoms with Gasteiger partial charge in [0.2, 0.25) is 0 Å². The Morgan fingerprint density at radius 3 is 2.57 bits per heavy atom. The molecule has 0 aliphatic carbocycles. The summed E-state index contributed by atoms with van der Waals surface area (Å²) in [5, 5.41) is 9.89. The van der Waals surface area contributed by atoms with Crippen molar-refractivity contribution in [3.8, 4) is 0 Å². The number of hydrogen-bond donors (Lipinski definition) is 1. The Bertz CT molecular complexity index is 271. The van der Waals surface area contributed by atoms with Crippen molar-refractivity contribution in [2.75, 3.05) is 0 Å². The Kier molecular flexibility index (Phi) is 4.42. The zero-order valence-electron chi connectivity index (χ0n) is 8.90. The summed E-state index contributed by atoms with van der Waals surface area (Å²) in [6.07, 6.45) is 2.51. The van der Waals surface area contributed by atoms with E-state index in [0.29, 0.717) is 5.25 Å². The van der Waals surface area contributed by atoms with E-state index in [-0.39, 0.29) is 0 Å². The minimum atomic E-state index is -0.474. The first-order valence-corrected chi connectivity index (χ1v) is 5.82. The lowest BCUT2D eigenvalue weighted by Crippen LogP contribution is -1.96. The Labute approximate surface area is 89.8 Å². The fraction of sp³-hybridized carbons (Fsp3) is 0.545. The van der Waals surface area contributed by atoms with Crippen LogP contribution in [-0.2, 0) is 0 Å². The fourth-order valence-corrected chi connectivity index (χ4v) is 1.92. The number of hydrogen-bond acceptors (Lipinski definition) is 3. The molecule has 78 valence electrons. The summed E-state index contributed by atoms with van der Waals surface area (Å²) in [5.74, 6) is 0. The summed E-state index contributed by atoms with van der Waals surface area (Å²) in [7, 11) is 0. The molecule has 2 atom stereocenters. The van der Waals surface area contributed by atoms with Gasteiger partial charge in [0.05, 0.1) is 11.8 Å². The van der Waals surface area contributed by atoms with Crippen molar-refractivity contribution in [2.45, 2.75) is 43.4 Å². The SMILES string of the molecule is CCC(C)Sc1ccc([C@H](C)O)nc1. The van der Waals surface area contributed by atoms with Crippen LogP contribution in [0, 0.1) is 0 Å². The molecular weight excluding hydrogens is 194 g/mol. The van der Waals surface area contributed by atoms with Crippen molar-refractivity contribution in [2.24, 2.45) is 0 Å². The molecule has 1 rings (SSSR count). The standard InChI is InChI=1S/C11H17NOS/c1-4-8(2)14-10-5-6-11(9(3)13)12-7-10/h5-9,13H,4H2,1-3H3/t8?,9-/m0/s1. The van der Waals surface area contributed by atoms with Crippen LogP contribution in [0.4, 0.5) is 0 Å². The van der Waals surface area contributed by atoms with Gasteiger partial charge in [-0.05, 0) is 25.5 Å². The van der Waals surface area contributed by atoms with Gasteiger partial charge in [0.15, 0.2) is 0 Å². The number of aliphatic hydroxyl groups excluding tert-OH is 1. The van der Waals surface area contributed by atoms with Crippen molar-refractivity contribution < 1.29 is 5.11 Å². The molecule has 3 heteroatoms. The van der Waals surface area contributed by atoms with Gasteiger partial charge in [-0.25, -0.2) is 0 Å². The summed E-state index contributed by atoms with van der Waals surface area (Å²) in [6.45, 7) is 6.10. The van der Waals surface area contributed by atoms with Gasteiger partial charge in [-0.1, -0.05) is 13.8 Å². The maximum Gasteiger partial charge on any atom is 0.0931 e. The molecule has 0 fully saturated rings. The van der Waals surface area contributed by atoms with Crippen molar-refractivity contribution in [3.63, 3.8) is 0 Å². The van der Waals surface area contributed by atoms with Crippen LogP contribution in [0.2, 0.25) is 0 Å². The van der Waals surface area contributed by atoms with E-state index in [9.17, 15) is 5.11 Å². The Balaban J connectivity index is 2.64. The van der Waals surface area contributed by atoms with E-state index in [2.05, 4.69) is 18.8 Å². The predicted octanol–water partition coefficient (Wildman–Crippen LogP) is 3.03. The largest absolute Gasteiger partial charge is 0.387 e. The average Bonchev–Trinajstić information content (AvgIpc) is 2.18. The van der Waals surface area contributed by atoms with Crippen molar-refractivity contribution in [1.82, 2.24) is 4.98 Å². The molecule has 0 aromatic carbocycles. The van der Waals surface area contributed by atoms with Crippen LogP contribution in [0.5, 0.6) is 0 Å². The number of pyridine rings is 1. The quantitative estimate of drug-likeness (QED) is 0.777. The Morgan fingerprint density at radius 2 is 2.14 bits per heavy atom. The van der Waals surface area contributed by atoms with E-state index in [1.807, 2.05) is 30.1 Å². The molecule has 1 heterocycles. The van der Waals surface area contributed by atoms with Gasteiger partial charge in [-0.3, -0.25) is 4.98 Å². The third-order valence-corrected chi connectivity index (χ3v) is 3.35. The van der Waals surface area contributed by atoms with Crippen LogP contribution in [-0.4, -0.2) is 15.3 Å². The molecule has 0 aliphatic heterocycles. The summed E-state index contributed by atoms with van der Waals surface area (Å²) in [4.78, 5) is 5.36. The molecule has 1 aromatic rings. The zero-order chi connectivity index (χ0) is 10.6. The number of rotatable bonds is 4. The Morgan fingerprint density at radius 1 is 1.43 bits per heavy atom. The number of nitrogens with zero attached hydrogens (tertiary/aromatic N) is 1. The number of thioether (sulfide) groups is 1. The van der Waals surface area contributed by atoms with Gasteiger partial charge in [0.1, 0.15) is 0 Å². The van der Waals surface area contributed by atoms with Crippen LogP contribution in [0.3, 0.4) is 0 Å². The summed E-state index contributed by atoms with van der Waals surface area (Å²) in [5.41, 5.74) is 0.735. The molecule has 1 aromatic heterocycles. The Hall–Kier alpha value is -0.540. The molecule has 1 unspecified atom stereocenters. The highest BCUT2D eigenvalue weighted by Crippen LogP contribution is 2.24. The van der Waals surface area contributed by atoms with Crippen LogP contribution in [0.25, 0.3) is 0 Å². The molecule has 2 nitrogen and oxygen atoms in total. The monoisotopic (exact) mass is 211 g/mol. The van der Waals surface area contributed by atoms with Gasteiger partial charge in [0.25, 0.3) is 0 Å². The van der Waals surface area contributed by atoms with E-state index >= 15 is 0 Å². The lowest BCUT2D eigenvalue weighted by Gasteiger charge is -2.08. The third-order valence-electron chi connectivity index (χ3n) is 2.10. The fourth-order valence-electron chi connectivity index (χ4n) is 1.02. The molecule has 0 radical (unpaired) electrons. The van der Waals surface area contributed by atoms with Crippen molar-refractivity contribution in [1.29, 1.82) is 0 Å². The molecule has 0 saturated carbocycles. The molecule has 1 N–H and O–H groups in total. The second-order valence-electron chi connectivity index (χ2n) is 3.43. The van der Waals surface area contributed by atoms with Gasteiger partial charge >= 0.3 is 0 Å². The highest BCUT2D eigenvalue weighted by molar-refractivity contribution is 7.99. The third kappa shape index (κ3) is 3.31. The first kappa shape index (κ1) is 11.5. The molecule has 0 saturated heterocycles. The van der Waals surface area contributed by atoms with Crippen LogP contribution in [0.15, 0.2) is 23.2 Å². The van der Waals surface area contributed by atoms with E-state index < -0.39 is 6.10 Å². The predicted molar refractivity (Wildman–Crippen MR) is 60.5 cm³/mol. The van der Waals surface area contributed by atoms with Crippen molar-refractivity contribution >= 4 is 11.8 Å². The van der Waals surface area contributed by atoms with Crippen LogP contribution < -0.4 is 0 Å². The maximum atomic E-state index is 9.27. The molecule has 0 aliphatic rings. The molecule has 14 heavy (non-hydrogen) atoms. The minimum absolute atomic E-state index is 0.474. The van der Waals surface area contributed by atoms with Gasteiger partial charge in [0, 0.05) is 16.3 Å². The first-order valence-electron chi connectivity index (χ1n) is 4.94. The number of aromatic nitrogens is 1. The topological polar surface area (TPSA) is 33.1 Å². The average molecular weight is 211 g/mol. The lowest BCUT2D eigenvalue weighted by molar-refractivity contribution is 0.194. The first-order chi connectivity index (χ1) is 6.63. The maximum absolute atomic E-state index is 9.27. The minimum Gasteiger partial charge on any atom is -0.387 e. The molecule has 0 amide bonds. The molecule has 0 spiro atoms. The molecule has 0 bridgehead atoms. The highest BCUT2D eigenvalue weighted by atomic mass is 32.2. The van der Waals surface area contributed by atoms with Gasteiger partial charge in [-0.15, -0.1) is 11.8 Å².